The molecule has 0 bridgehead atoms. The van der Waals surface area contributed by atoms with Crippen LogP contribution >= 0.6 is 24.8 Å². The van der Waals surface area contributed by atoms with E-state index in [1.165, 1.54) is 0 Å². The molecule has 1 fully saturated rings. The maximum absolute atomic E-state index is 5.86. The Labute approximate surface area is 165 Å². The number of aromatic nitrogens is 2. The molecule has 26 heavy (non-hydrogen) atoms. The number of nitrogens with two attached hydrogens (primary N) is 1. The molecule has 0 amide bonds. The van der Waals surface area contributed by atoms with Crippen molar-refractivity contribution in [3.8, 4) is 11.5 Å². The molecule has 142 valence electrons. The van der Waals surface area contributed by atoms with Gasteiger partial charge in [-0.15, -0.1) is 24.8 Å². The highest BCUT2D eigenvalue weighted by atomic mass is 35.5. The molecule has 0 spiro atoms. The van der Waals surface area contributed by atoms with Gasteiger partial charge in [0.05, 0.1) is 13.2 Å². The number of rotatable bonds is 4. The fraction of sp³-hybridized carbons (Fsp3) is 0.444. The second-order valence-corrected chi connectivity index (χ2v) is 6.44. The molecule has 2 aliphatic rings. The molecular formula is C18H24Cl2N4O2. The third-order valence-electron chi connectivity index (χ3n) is 4.57. The Morgan fingerprint density at radius 1 is 1.04 bits per heavy atom. The number of ether oxygens (including phenoxy) is 2. The summed E-state index contributed by atoms with van der Waals surface area (Å²) in [4.78, 5) is 8.68. The molecule has 2 aromatic rings. The van der Waals surface area contributed by atoms with Crippen molar-refractivity contribution in [1.82, 2.24) is 9.97 Å². The second-order valence-electron chi connectivity index (χ2n) is 6.44. The molecule has 1 aromatic carbocycles. The summed E-state index contributed by atoms with van der Waals surface area (Å²) >= 11 is 0. The normalized spacial score (nSPS) is 20.7. The number of nitrogens with zero attached hydrogens (tertiary/aromatic N) is 2. The summed E-state index contributed by atoms with van der Waals surface area (Å²) in [5, 5.41) is 3.36. The molecule has 1 aliphatic heterocycles. The van der Waals surface area contributed by atoms with Gasteiger partial charge in [0.25, 0.3) is 0 Å². The van der Waals surface area contributed by atoms with Gasteiger partial charge in [-0.3, -0.25) is 0 Å². The van der Waals surface area contributed by atoms with Crippen LogP contribution in [0.15, 0.2) is 30.6 Å². The third kappa shape index (κ3) is 4.69. The Hall–Kier alpha value is -1.76. The monoisotopic (exact) mass is 398 g/mol. The van der Waals surface area contributed by atoms with Crippen molar-refractivity contribution >= 4 is 30.6 Å². The Kier molecular flexibility index (Phi) is 7.32. The summed E-state index contributed by atoms with van der Waals surface area (Å²) in [7, 11) is 0. The van der Waals surface area contributed by atoms with E-state index in [0.29, 0.717) is 31.7 Å². The van der Waals surface area contributed by atoms with Gasteiger partial charge in [-0.1, -0.05) is 6.07 Å². The van der Waals surface area contributed by atoms with Crippen molar-refractivity contribution in [2.75, 3.05) is 18.5 Å². The van der Waals surface area contributed by atoms with E-state index in [9.17, 15) is 0 Å². The van der Waals surface area contributed by atoms with Crippen LogP contribution in [0, 0.1) is 0 Å². The fourth-order valence-corrected chi connectivity index (χ4v) is 3.11. The first kappa shape index (κ1) is 20.6. The number of nitrogens with one attached hydrogen (secondary N) is 1. The first-order chi connectivity index (χ1) is 11.8. The summed E-state index contributed by atoms with van der Waals surface area (Å²) < 4.78 is 11.4. The summed E-state index contributed by atoms with van der Waals surface area (Å²) in [5.41, 5.74) is 8.07. The lowest BCUT2D eigenvalue weighted by Crippen LogP contribution is -2.35. The highest BCUT2D eigenvalue weighted by molar-refractivity contribution is 5.85. The molecule has 2 heterocycles. The van der Waals surface area contributed by atoms with E-state index >= 15 is 0 Å². The van der Waals surface area contributed by atoms with Gasteiger partial charge in [0.1, 0.15) is 12.1 Å². The smallest absolute Gasteiger partial charge is 0.161 e. The van der Waals surface area contributed by atoms with Crippen LogP contribution in [0.4, 0.5) is 5.82 Å². The molecule has 1 aromatic heterocycles. The van der Waals surface area contributed by atoms with E-state index < -0.39 is 0 Å². The Bertz CT molecular complexity index is 726. The molecule has 0 atom stereocenters. The lowest BCUT2D eigenvalue weighted by molar-refractivity contribution is 0.297. The van der Waals surface area contributed by atoms with E-state index in [4.69, 9.17) is 15.2 Å². The Morgan fingerprint density at radius 3 is 2.58 bits per heavy atom. The van der Waals surface area contributed by atoms with Gasteiger partial charge in [0.2, 0.25) is 0 Å². The maximum Gasteiger partial charge on any atom is 0.161 e. The molecule has 1 saturated carbocycles. The summed E-state index contributed by atoms with van der Waals surface area (Å²) in [6.45, 7) is 2.08. The van der Waals surface area contributed by atoms with Crippen molar-refractivity contribution in [2.24, 2.45) is 5.73 Å². The van der Waals surface area contributed by atoms with Crippen LogP contribution in [0.1, 0.15) is 36.4 Å². The zero-order chi connectivity index (χ0) is 16.4. The van der Waals surface area contributed by atoms with Gasteiger partial charge < -0.3 is 20.5 Å². The van der Waals surface area contributed by atoms with Gasteiger partial charge in [0, 0.05) is 36.7 Å². The van der Waals surface area contributed by atoms with Gasteiger partial charge >= 0.3 is 0 Å². The van der Waals surface area contributed by atoms with E-state index in [2.05, 4.69) is 15.3 Å². The van der Waals surface area contributed by atoms with Crippen molar-refractivity contribution in [3.63, 3.8) is 0 Å². The minimum atomic E-state index is 0. The lowest BCUT2D eigenvalue weighted by atomic mass is 9.79. The van der Waals surface area contributed by atoms with E-state index in [1.54, 1.807) is 6.33 Å². The highest BCUT2D eigenvalue weighted by Crippen LogP contribution is 2.35. The number of fused-ring (bicyclic) bond motifs is 1. The van der Waals surface area contributed by atoms with Crippen LogP contribution in [-0.4, -0.2) is 29.2 Å². The van der Waals surface area contributed by atoms with E-state index in [0.717, 1.165) is 47.8 Å². The first-order valence-corrected chi connectivity index (χ1v) is 8.48. The minimum absolute atomic E-state index is 0. The molecular weight excluding hydrogens is 375 g/mol. The van der Waals surface area contributed by atoms with Crippen LogP contribution in [-0.2, 0) is 6.54 Å². The van der Waals surface area contributed by atoms with E-state index in [1.807, 2.05) is 24.3 Å². The largest absolute Gasteiger partial charge is 0.490 e. The first-order valence-electron chi connectivity index (χ1n) is 8.48. The molecule has 1 aliphatic carbocycles. The topological polar surface area (TPSA) is 82.3 Å². The van der Waals surface area contributed by atoms with Crippen molar-refractivity contribution in [1.29, 1.82) is 0 Å². The molecule has 6 nitrogen and oxygen atoms in total. The van der Waals surface area contributed by atoms with Crippen LogP contribution < -0.4 is 20.5 Å². The quantitative estimate of drug-likeness (QED) is 0.821. The van der Waals surface area contributed by atoms with Crippen LogP contribution in [0.5, 0.6) is 11.5 Å². The third-order valence-corrected chi connectivity index (χ3v) is 4.57. The van der Waals surface area contributed by atoms with Crippen molar-refractivity contribution < 1.29 is 9.47 Å². The van der Waals surface area contributed by atoms with Crippen LogP contribution in [0.25, 0.3) is 0 Å². The number of hydrogen-bond acceptors (Lipinski definition) is 6. The fourth-order valence-electron chi connectivity index (χ4n) is 3.11. The van der Waals surface area contributed by atoms with E-state index in [-0.39, 0.29) is 24.8 Å². The molecule has 0 radical (unpaired) electrons. The zero-order valence-corrected chi connectivity index (χ0v) is 16.0. The highest BCUT2D eigenvalue weighted by Gasteiger charge is 2.28. The number of benzene rings is 1. The molecule has 3 N–H and O–H groups in total. The van der Waals surface area contributed by atoms with Gasteiger partial charge in [-0.2, -0.15) is 0 Å². The van der Waals surface area contributed by atoms with Gasteiger partial charge in [0.15, 0.2) is 11.5 Å². The Morgan fingerprint density at radius 2 is 1.81 bits per heavy atom. The Balaban J connectivity index is 0.00000121. The maximum atomic E-state index is 5.86. The molecule has 8 heteroatoms. The van der Waals surface area contributed by atoms with Crippen molar-refractivity contribution in [2.45, 2.75) is 37.8 Å². The molecule has 4 rings (SSSR count). The average molecular weight is 399 g/mol. The summed E-state index contributed by atoms with van der Waals surface area (Å²) in [5.74, 6) is 2.95. The van der Waals surface area contributed by atoms with Gasteiger partial charge in [-0.25, -0.2) is 9.97 Å². The minimum Gasteiger partial charge on any atom is -0.490 e. The number of hydrogen-bond donors (Lipinski definition) is 2. The van der Waals surface area contributed by atoms with Crippen molar-refractivity contribution in [3.05, 3.63) is 41.9 Å². The lowest BCUT2D eigenvalue weighted by Gasteiger charge is -2.31. The number of anilines is 1. The summed E-state index contributed by atoms with van der Waals surface area (Å²) in [6.07, 6.45) is 4.56. The molecule has 0 saturated heterocycles. The molecule has 0 unspecified atom stereocenters. The number of halogens is 2. The SMILES string of the molecule is Cl.Cl.NC1CC(c2cc(NCc3ccc4c(c3)OCCCO4)ncn2)C1. The standard InChI is InChI=1S/C18H22N4O2.2ClH/c19-14-7-13(8-14)15-9-18(22-11-21-15)20-10-12-2-3-16-17(6-12)24-5-1-4-23-16;;/h2-3,6,9,11,13-14H,1,4-5,7-8,10,19H2,(H,20,21,22);2*1H. The average Bonchev–Trinajstić information content (AvgIpc) is 2.82. The second kappa shape index (κ2) is 9.26. The predicted molar refractivity (Wildman–Crippen MR) is 106 cm³/mol. The van der Waals surface area contributed by atoms with Crippen LogP contribution in [0.3, 0.4) is 0 Å². The summed E-state index contributed by atoms with van der Waals surface area (Å²) in [6, 6.07) is 8.40. The zero-order valence-electron chi connectivity index (χ0n) is 14.4. The predicted octanol–water partition coefficient (Wildman–Crippen LogP) is 3.30. The van der Waals surface area contributed by atoms with Gasteiger partial charge in [-0.05, 0) is 30.5 Å². The van der Waals surface area contributed by atoms with Crippen LogP contribution in [0.2, 0.25) is 0 Å².